The Balaban J connectivity index is 0.000000381. The Bertz CT molecular complexity index is 669. The second-order valence-electron chi connectivity index (χ2n) is 5.18. The molecule has 0 saturated heterocycles. The molecule has 2 aromatic rings. The van der Waals surface area contributed by atoms with Crippen LogP contribution in [0.4, 0.5) is 13.2 Å². The van der Waals surface area contributed by atoms with Gasteiger partial charge in [-0.05, 0) is 12.8 Å². The fourth-order valence-electron chi connectivity index (χ4n) is 1.62. The second-order valence-corrected chi connectivity index (χ2v) is 6.20. The molecule has 3 N–H and O–H groups in total. The van der Waals surface area contributed by atoms with Gasteiger partial charge in [0.2, 0.25) is 0 Å². The summed E-state index contributed by atoms with van der Waals surface area (Å²) in [6.45, 7) is 0. The Morgan fingerprint density at radius 3 is 2.23 bits per heavy atom. The molecule has 124 valence electrons. The van der Waals surface area contributed by atoms with E-state index in [-0.39, 0.29) is 0 Å². The van der Waals surface area contributed by atoms with Crippen LogP contribution < -0.4 is 5.73 Å². The average molecular weight is 493 g/mol. The van der Waals surface area contributed by atoms with E-state index in [4.69, 9.17) is 5.73 Å². The first-order chi connectivity index (χ1) is 10.3. The Labute approximate surface area is 136 Å². The third-order valence-corrected chi connectivity index (χ3v) is 4.06. The Morgan fingerprint density at radius 1 is 1.32 bits per heavy atom. The van der Waals surface area contributed by atoms with E-state index in [1.807, 2.05) is 7.05 Å². The van der Waals surface area contributed by atoms with Gasteiger partial charge in [0, 0.05) is 6.04 Å². The van der Waals surface area contributed by atoms with Crippen molar-refractivity contribution >= 4 is 0 Å². The first-order valence-electron chi connectivity index (χ1n) is 6.75. The van der Waals surface area contributed by atoms with Gasteiger partial charge >= 0.3 is 112 Å². The summed E-state index contributed by atoms with van der Waals surface area (Å²) in [5.74, 6) is 0.724. The third kappa shape index (κ3) is 5.21. The standard InChI is InChI=1S/C11H10F3N3.C3H7N.Pt/c1-17-7-15-10(16-17)6-8-2-4-9(5-3-8)11(12,13)14;4-3-1-2-3;/h2-5H,6H2,1H3,(H,15,16);3H,1-2,4H2;. The zero-order valence-electron chi connectivity index (χ0n) is 11.9. The molecule has 0 unspecified atom stereocenters. The maximum Gasteiger partial charge on any atom is 0.00399 e. The van der Waals surface area contributed by atoms with Crippen LogP contribution in [-0.2, 0) is 39.0 Å². The van der Waals surface area contributed by atoms with Gasteiger partial charge in [0.1, 0.15) is 0 Å². The van der Waals surface area contributed by atoms with Crippen molar-refractivity contribution < 1.29 is 32.5 Å². The van der Waals surface area contributed by atoms with Crippen molar-refractivity contribution in [3.8, 4) is 0 Å². The van der Waals surface area contributed by atoms with Gasteiger partial charge in [-0.3, -0.25) is 0 Å². The van der Waals surface area contributed by atoms with Gasteiger partial charge in [-0.15, -0.1) is 0 Å². The van der Waals surface area contributed by atoms with Crippen LogP contribution in [0, 0.1) is 3.80 Å². The molecule has 0 aliphatic heterocycles. The van der Waals surface area contributed by atoms with Crippen LogP contribution in [0.25, 0.3) is 0 Å². The molecule has 1 aliphatic rings. The number of benzene rings is 1. The Morgan fingerprint density at radius 2 is 1.86 bits per heavy atom. The normalized spacial score (nSPS) is 14.5. The summed E-state index contributed by atoms with van der Waals surface area (Å²) in [5, 5.41) is 3.01. The molecule has 0 bridgehead atoms. The van der Waals surface area contributed by atoms with Gasteiger partial charge in [-0.25, -0.2) is 0 Å². The average Bonchev–Trinajstić information content (AvgIpc) is 3.14. The fraction of sp³-hybridized carbons (Fsp3) is 0.429. The topological polar surface area (TPSA) is 59.6 Å². The van der Waals surface area contributed by atoms with Crippen molar-refractivity contribution in [3.63, 3.8) is 0 Å². The van der Waals surface area contributed by atoms with E-state index in [1.54, 1.807) is 4.68 Å². The molecule has 0 amide bonds. The van der Waals surface area contributed by atoms with E-state index in [9.17, 15) is 13.2 Å². The largest absolute Gasteiger partial charge is 0.328 e. The second kappa shape index (κ2) is 6.92. The maximum atomic E-state index is 12.4. The predicted molar refractivity (Wildman–Crippen MR) is 72.3 cm³/mol. The number of aryl methyl sites for hydroxylation is 1. The summed E-state index contributed by atoms with van der Waals surface area (Å²) in [7, 11) is 1.82. The van der Waals surface area contributed by atoms with Crippen LogP contribution in [0.2, 0.25) is 0 Å². The third-order valence-electron chi connectivity index (χ3n) is 3.05. The molecule has 1 aromatic heterocycles. The van der Waals surface area contributed by atoms with Gasteiger partial charge in [-0.1, -0.05) is 0 Å². The number of aromatic amines is 1. The van der Waals surface area contributed by atoms with Crippen LogP contribution in [0.3, 0.4) is 0 Å². The zero-order chi connectivity index (χ0) is 16.3. The molecule has 1 aliphatic carbocycles. The molecule has 0 radical (unpaired) electrons. The molecular weight excluding hydrogens is 476 g/mol. The van der Waals surface area contributed by atoms with Gasteiger partial charge in [0.25, 0.3) is 0 Å². The number of alkyl halides is 3. The number of hydrogen-bond acceptors (Lipinski definition) is 2. The molecule has 0 atom stereocenters. The first kappa shape index (κ1) is 17.2. The van der Waals surface area contributed by atoms with Gasteiger partial charge in [0.05, 0.1) is 0 Å². The fourth-order valence-corrected chi connectivity index (χ4v) is 2.05. The minimum atomic E-state index is -4.29. The summed E-state index contributed by atoms with van der Waals surface area (Å²) < 4.78 is 39.7. The minimum absolute atomic E-state index is 0.481. The van der Waals surface area contributed by atoms with E-state index in [2.05, 4.69) is 29.4 Å². The number of hydrogen-bond donors (Lipinski definition) is 2. The smallest absolute Gasteiger partial charge is 0.00399 e. The van der Waals surface area contributed by atoms with Crippen LogP contribution in [0.5, 0.6) is 0 Å². The molecular formula is C14H17F3N4Pt. The summed E-state index contributed by atoms with van der Waals surface area (Å²) >= 11 is 2.06. The molecule has 22 heavy (non-hydrogen) atoms. The molecule has 3 rings (SSSR count). The monoisotopic (exact) mass is 493 g/mol. The molecule has 8 heteroatoms. The van der Waals surface area contributed by atoms with Crippen molar-refractivity contribution in [1.29, 1.82) is 0 Å². The van der Waals surface area contributed by atoms with E-state index in [0.29, 0.717) is 12.5 Å². The van der Waals surface area contributed by atoms with E-state index >= 15 is 0 Å². The maximum absolute atomic E-state index is 12.4. The molecule has 0 spiro atoms. The quantitative estimate of drug-likeness (QED) is 0.676. The van der Waals surface area contributed by atoms with Crippen LogP contribution >= 0.6 is 0 Å². The predicted octanol–water partition coefficient (Wildman–Crippen LogP) is 2.54. The van der Waals surface area contributed by atoms with E-state index in [1.165, 1.54) is 25.0 Å². The van der Waals surface area contributed by atoms with Crippen molar-refractivity contribution in [2.75, 3.05) is 0 Å². The number of H-pyrrole nitrogens is 1. The molecule has 1 saturated carbocycles. The molecule has 1 fully saturated rings. The van der Waals surface area contributed by atoms with Gasteiger partial charge in [-0.2, -0.15) is 0 Å². The molecule has 1 heterocycles. The van der Waals surface area contributed by atoms with Gasteiger partial charge in [0.15, 0.2) is 0 Å². The van der Waals surface area contributed by atoms with Gasteiger partial charge < -0.3 is 5.73 Å². The Kier molecular flexibility index (Phi) is 5.40. The number of halogens is 3. The SMILES string of the molecule is Cn1[nH]c(Cc2ccc(C(F)(F)F)cc2)n[c]1=[Pt].NC1CC1. The van der Waals surface area contributed by atoms with Crippen molar-refractivity contribution in [1.82, 2.24) is 14.8 Å². The summed E-state index contributed by atoms with van der Waals surface area (Å²) in [6.07, 6.45) is -1.28. The van der Waals surface area contributed by atoms with Crippen molar-refractivity contribution in [2.24, 2.45) is 12.8 Å². The van der Waals surface area contributed by atoms with E-state index in [0.717, 1.165) is 27.3 Å². The number of aromatic nitrogens is 3. The molecule has 4 nitrogen and oxygen atoms in total. The minimum Gasteiger partial charge on any atom is -0.328 e. The number of rotatable bonds is 2. The van der Waals surface area contributed by atoms with E-state index < -0.39 is 11.7 Å². The summed E-state index contributed by atoms with van der Waals surface area (Å²) in [4.78, 5) is 4.25. The summed E-state index contributed by atoms with van der Waals surface area (Å²) in [5.41, 5.74) is 5.37. The number of nitrogens with zero attached hydrogens (tertiary/aromatic N) is 2. The zero-order valence-corrected chi connectivity index (χ0v) is 14.2. The number of nitrogens with one attached hydrogen (secondary N) is 1. The van der Waals surface area contributed by atoms with Crippen LogP contribution in [0.1, 0.15) is 29.8 Å². The van der Waals surface area contributed by atoms with Crippen molar-refractivity contribution in [2.45, 2.75) is 31.5 Å². The summed E-state index contributed by atoms with van der Waals surface area (Å²) in [6, 6.07) is 5.70. The number of nitrogens with two attached hydrogens (primary N) is 1. The first-order valence-corrected chi connectivity index (χ1v) is 7.88. The van der Waals surface area contributed by atoms with Crippen LogP contribution in [-0.4, -0.2) is 20.8 Å². The molecule has 1 aromatic carbocycles. The van der Waals surface area contributed by atoms with Crippen LogP contribution in [0.15, 0.2) is 24.3 Å². The Hall–Kier alpha value is -1.20. The van der Waals surface area contributed by atoms with Crippen molar-refractivity contribution in [3.05, 3.63) is 45.0 Å².